The number of rotatable bonds is 1. The minimum atomic E-state index is -0.505. The number of hydrogen-bond donors (Lipinski definition) is 1. The number of hydrogen-bond acceptors (Lipinski definition) is 3. The Morgan fingerprint density at radius 2 is 2.36 bits per heavy atom. The van der Waals surface area contributed by atoms with Crippen molar-refractivity contribution in [1.82, 2.24) is 0 Å². The Balaban J connectivity index is 2.85. The fraction of sp³-hybridized carbons (Fsp3) is 0.545. The van der Waals surface area contributed by atoms with E-state index in [2.05, 4.69) is 5.92 Å². The zero-order valence-electron chi connectivity index (χ0n) is 8.41. The topological polar surface area (TPSA) is 46.5 Å². The second-order valence-corrected chi connectivity index (χ2v) is 3.50. The zero-order valence-corrected chi connectivity index (χ0v) is 8.41. The molecule has 3 nitrogen and oxygen atoms in total. The third-order valence-electron chi connectivity index (χ3n) is 2.37. The molecule has 0 aliphatic heterocycles. The minimum absolute atomic E-state index is 0.347. The van der Waals surface area contributed by atoms with Gasteiger partial charge in [-0.1, -0.05) is 5.92 Å². The molecule has 0 bridgehead atoms. The highest BCUT2D eigenvalue weighted by molar-refractivity contribution is 5.66. The molecule has 0 aromatic rings. The summed E-state index contributed by atoms with van der Waals surface area (Å²) in [5.41, 5.74) is 1.63. The van der Waals surface area contributed by atoms with E-state index in [0.29, 0.717) is 12.8 Å². The van der Waals surface area contributed by atoms with Crippen molar-refractivity contribution in [3.8, 4) is 12.3 Å². The van der Waals surface area contributed by atoms with Crippen molar-refractivity contribution in [2.75, 3.05) is 0 Å². The lowest BCUT2D eigenvalue weighted by Gasteiger charge is -2.27. The fourth-order valence-corrected chi connectivity index (χ4v) is 1.61. The summed E-state index contributed by atoms with van der Waals surface area (Å²) in [7, 11) is 0. The van der Waals surface area contributed by atoms with Gasteiger partial charge < -0.3 is 9.84 Å². The van der Waals surface area contributed by atoms with Gasteiger partial charge in [0, 0.05) is 25.3 Å². The van der Waals surface area contributed by atoms with Crippen molar-refractivity contribution in [3.05, 3.63) is 11.1 Å². The molecule has 3 heteroatoms. The predicted molar refractivity (Wildman–Crippen MR) is 52.3 cm³/mol. The van der Waals surface area contributed by atoms with Gasteiger partial charge >= 0.3 is 5.97 Å². The summed E-state index contributed by atoms with van der Waals surface area (Å²) in [5, 5.41) is 9.49. The Bertz CT molecular complexity index is 309. The Morgan fingerprint density at radius 1 is 1.71 bits per heavy atom. The fourth-order valence-electron chi connectivity index (χ4n) is 1.61. The summed E-state index contributed by atoms with van der Waals surface area (Å²) >= 11 is 0. The van der Waals surface area contributed by atoms with Crippen LogP contribution in [0.3, 0.4) is 0 Å². The SMILES string of the molecule is C#CC1=C(C)[C@@H](OC(C)=O)C[C@H](O)C1. The number of carbonyl (C=O) groups excluding carboxylic acids is 1. The molecule has 0 amide bonds. The first-order valence-corrected chi connectivity index (χ1v) is 4.56. The predicted octanol–water partition coefficient (Wildman–Crippen LogP) is 1.02. The summed E-state index contributed by atoms with van der Waals surface area (Å²) in [6.07, 6.45) is 5.35. The van der Waals surface area contributed by atoms with Gasteiger partial charge in [-0.25, -0.2) is 0 Å². The number of carbonyl (C=O) groups is 1. The quantitative estimate of drug-likeness (QED) is 0.501. The van der Waals surface area contributed by atoms with Crippen LogP contribution in [0.25, 0.3) is 0 Å². The molecule has 2 atom stereocenters. The second-order valence-electron chi connectivity index (χ2n) is 3.50. The maximum Gasteiger partial charge on any atom is 0.303 e. The largest absolute Gasteiger partial charge is 0.458 e. The van der Waals surface area contributed by atoms with Gasteiger partial charge in [-0.2, -0.15) is 0 Å². The van der Waals surface area contributed by atoms with Gasteiger partial charge in [0.1, 0.15) is 6.10 Å². The molecule has 76 valence electrons. The van der Waals surface area contributed by atoms with E-state index in [9.17, 15) is 9.90 Å². The molecule has 1 N–H and O–H groups in total. The number of aliphatic hydroxyl groups excluding tert-OH is 1. The lowest BCUT2D eigenvalue weighted by Crippen LogP contribution is -2.29. The average Bonchev–Trinajstić information content (AvgIpc) is 2.09. The first-order chi connectivity index (χ1) is 6.54. The molecule has 14 heavy (non-hydrogen) atoms. The number of aliphatic hydroxyl groups is 1. The first kappa shape index (κ1) is 10.8. The Kier molecular flexibility index (Phi) is 3.32. The highest BCUT2D eigenvalue weighted by Crippen LogP contribution is 2.26. The van der Waals surface area contributed by atoms with Crippen molar-refractivity contribution >= 4 is 5.97 Å². The second kappa shape index (κ2) is 4.30. The van der Waals surface area contributed by atoms with Crippen molar-refractivity contribution < 1.29 is 14.6 Å². The number of esters is 1. The van der Waals surface area contributed by atoms with Crippen LogP contribution in [0.4, 0.5) is 0 Å². The maximum atomic E-state index is 10.8. The van der Waals surface area contributed by atoms with Gasteiger partial charge in [-0.15, -0.1) is 6.42 Å². The molecule has 0 aromatic heterocycles. The first-order valence-electron chi connectivity index (χ1n) is 4.56. The van der Waals surface area contributed by atoms with Crippen LogP contribution in [0.1, 0.15) is 26.7 Å². The lowest BCUT2D eigenvalue weighted by molar-refractivity contribution is -0.146. The molecule has 0 unspecified atom stereocenters. The van der Waals surface area contributed by atoms with Crippen LogP contribution in [0.5, 0.6) is 0 Å². The molecule has 0 radical (unpaired) electrons. The zero-order chi connectivity index (χ0) is 10.7. The summed E-state index contributed by atoms with van der Waals surface area (Å²) in [4.78, 5) is 10.8. The summed E-state index contributed by atoms with van der Waals surface area (Å²) < 4.78 is 5.05. The molecule has 1 rings (SSSR count). The molecular weight excluding hydrogens is 180 g/mol. The summed E-state index contributed by atoms with van der Waals surface area (Å²) in [5.74, 6) is 2.17. The molecule has 0 fully saturated rings. The normalized spacial score (nSPS) is 27.0. The van der Waals surface area contributed by atoms with Gasteiger partial charge in [0.05, 0.1) is 6.10 Å². The van der Waals surface area contributed by atoms with Crippen LogP contribution in [0.15, 0.2) is 11.1 Å². The minimum Gasteiger partial charge on any atom is -0.458 e. The molecule has 0 aromatic carbocycles. The van der Waals surface area contributed by atoms with E-state index in [1.54, 1.807) is 0 Å². The Morgan fingerprint density at radius 3 is 2.86 bits per heavy atom. The number of ether oxygens (including phenoxy) is 1. The molecule has 0 saturated heterocycles. The third-order valence-corrected chi connectivity index (χ3v) is 2.37. The van der Waals surface area contributed by atoms with Crippen LogP contribution in [0.2, 0.25) is 0 Å². The van der Waals surface area contributed by atoms with E-state index in [0.717, 1.165) is 11.1 Å². The van der Waals surface area contributed by atoms with Gasteiger partial charge in [-0.05, 0) is 12.5 Å². The van der Waals surface area contributed by atoms with E-state index in [-0.39, 0.29) is 12.1 Å². The van der Waals surface area contributed by atoms with Crippen molar-refractivity contribution in [2.24, 2.45) is 0 Å². The van der Waals surface area contributed by atoms with E-state index < -0.39 is 6.10 Å². The van der Waals surface area contributed by atoms with Crippen LogP contribution >= 0.6 is 0 Å². The van der Waals surface area contributed by atoms with Crippen LogP contribution < -0.4 is 0 Å². The monoisotopic (exact) mass is 194 g/mol. The van der Waals surface area contributed by atoms with Crippen LogP contribution in [0, 0.1) is 12.3 Å². The molecule has 1 aliphatic rings. The lowest BCUT2D eigenvalue weighted by atomic mass is 9.89. The van der Waals surface area contributed by atoms with Crippen LogP contribution in [-0.4, -0.2) is 23.3 Å². The van der Waals surface area contributed by atoms with E-state index in [4.69, 9.17) is 11.2 Å². The van der Waals surface area contributed by atoms with E-state index in [1.807, 2.05) is 6.92 Å². The van der Waals surface area contributed by atoms with Gasteiger partial charge in [0.25, 0.3) is 0 Å². The van der Waals surface area contributed by atoms with Crippen LogP contribution in [-0.2, 0) is 9.53 Å². The molecule has 0 saturated carbocycles. The Labute approximate surface area is 83.8 Å². The smallest absolute Gasteiger partial charge is 0.303 e. The molecule has 0 heterocycles. The van der Waals surface area contributed by atoms with E-state index >= 15 is 0 Å². The highest BCUT2D eigenvalue weighted by atomic mass is 16.5. The van der Waals surface area contributed by atoms with Gasteiger partial charge in [0.2, 0.25) is 0 Å². The van der Waals surface area contributed by atoms with Gasteiger partial charge in [0.15, 0.2) is 0 Å². The molecular formula is C11H14O3. The van der Waals surface area contributed by atoms with Gasteiger partial charge in [-0.3, -0.25) is 4.79 Å². The van der Waals surface area contributed by atoms with Crippen molar-refractivity contribution in [3.63, 3.8) is 0 Å². The molecule has 1 aliphatic carbocycles. The highest BCUT2D eigenvalue weighted by Gasteiger charge is 2.26. The van der Waals surface area contributed by atoms with Crippen molar-refractivity contribution in [1.29, 1.82) is 0 Å². The summed E-state index contributed by atoms with van der Waals surface area (Å²) in [6.45, 7) is 3.19. The number of terminal acetylenes is 1. The third kappa shape index (κ3) is 2.36. The molecule has 0 spiro atoms. The standard InChI is InChI=1S/C11H14O3/c1-4-9-5-10(13)6-11(7(9)2)14-8(3)12/h1,10-11,13H,5-6H2,2-3H3/t10-,11+/m1/s1. The Hall–Kier alpha value is -1.27. The average molecular weight is 194 g/mol. The summed E-state index contributed by atoms with van der Waals surface area (Å²) in [6, 6.07) is 0. The maximum absolute atomic E-state index is 10.8. The van der Waals surface area contributed by atoms with E-state index in [1.165, 1.54) is 6.92 Å². The van der Waals surface area contributed by atoms with Crippen molar-refractivity contribution in [2.45, 2.75) is 38.9 Å².